The molecule has 1 N–H and O–H groups in total. The number of hydrogen-bond acceptors (Lipinski definition) is 2. The lowest BCUT2D eigenvalue weighted by Crippen LogP contribution is -2.37. The largest absolute Gasteiger partial charge is 0.492 e. The number of fused-ring (bicyclic) bond motifs is 1. The van der Waals surface area contributed by atoms with Crippen LogP contribution in [0.25, 0.3) is 10.8 Å². The van der Waals surface area contributed by atoms with Gasteiger partial charge in [0.1, 0.15) is 12.4 Å². The first kappa shape index (κ1) is 13.4. The van der Waals surface area contributed by atoms with E-state index < -0.39 is 0 Å². The summed E-state index contributed by atoms with van der Waals surface area (Å²) in [4.78, 5) is 0. The van der Waals surface area contributed by atoms with Crippen LogP contribution in [0.4, 0.5) is 0 Å². The molecule has 0 aliphatic heterocycles. The molecule has 0 bridgehead atoms. The number of nitrogens with one attached hydrogen (secondary N) is 1. The van der Waals surface area contributed by atoms with Gasteiger partial charge in [-0.15, -0.1) is 0 Å². The molecule has 3 rings (SSSR count). The quantitative estimate of drug-likeness (QED) is 0.820. The first-order valence-electron chi connectivity index (χ1n) is 7.72. The molecule has 0 radical (unpaired) electrons. The summed E-state index contributed by atoms with van der Waals surface area (Å²) >= 11 is 0. The second kappa shape index (κ2) is 6.27. The molecule has 0 amide bonds. The van der Waals surface area contributed by atoms with E-state index in [4.69, 9.17) is 4.74 Å². The Labute approximate surface area is 121 Å². The molecular weight excluding hydrogens is 246 g/mol. The second-order valence-electron chi connectivity index (χ2n) is 5.72. The normalized spacial score (nSPS) is 16.2. The van der Waals surface area contributed by atoms with Gasteiger partial charge in [0.05, 0.1) is 0 Å². The standard InChI is InChI=1S/C18H23NO/c1-2-11-19-18(15-7-8-15)13-20-17-10-9-14-5-3-4-6-16(14)12-17/h3-6,9-10,12,15,18-19H,2,7-8,11,13H2,1H3. The fourth-order valence-electron chi connectivity index (χ4n) is 2.63. The summed E-state index contributed by atoms with van der Waals surface area (Å²) in [5.41, 5.74) is 0. The van der Waals surface area contributed by atoms with Crippen molar-refractivity contribution < 1.29 is 4.74 Å². The molecule has 20 heavy (non-hydrogen) atoms. The van der Waals surface area contributed by atoms with Crippen LogP contribution in [0, 0.1) is 5.92 Å². The van der Waals surface area contributed by atoms with Crippen LogP contribution in [0.3, 0.4) is 0 Å². The van der Waals surface area contributed by atoms with Crippen LogP contribution in [0.5, 0.6) is 5.75 Å². The zero-order valence-electron chi connectivity index (χ0n) is 12.1. The molecule has 1 atom stereocenters. The summed E-state index contributed by atoms with van der Waals surface area (Å²) in [6.45, 7) is 4.08. The van der Waals surface area contributed by atoms with E-state index in [-0.39, 0.29) is 0 Å². The van der Waals surface area contributed by atoms with E-state index in [2.05, 4.69) is 54.7 Å². The molecule has 2 nitrogen and oxygen atoms in total. The van der Waals surface area contributed by atoms with E-state index >= 15 is 0 Å². The van der Waals surface area contributed by atoms with Crippen LogP contribution in [-0.4, -0.2) is 19.2 Å². The van der Waals surface area contributed by atoms with Gasteiger partial charge in [0.2, 0.25) is 0 Å². The third-order valence-corrected chi connectivity index (χ3v) is 4.00. The predicted octanol–water partition coefficient (Wildman–Crippen LogP) is 4.00. The average molecular weight is 269 g/mol. The van der Waals surface area contributed by atoms with E-state index in [1.165, 1.54) is 30.0 Å². The predicted molar refractivity (Wildman–Crippen MR) is 84.2 cm³/mol. The zero-order chi connectivity index (χ0) is 13.8. The van der Waals surface area contributed by atoms with Gasteiger partial charge >= 0.3 is 0 Å². The van der Waals surface area contributed by atoms with Crippen LogP contribution in [-0.2, 0) is 0 Å². The molecular formula is C18H23NO. The maximum Gasteiger partial charge on any atom is 0.120 e. The lowest BCUT2D eigenvalue weighted by molar-refractivity contribution is 0.249. The Kier molecular flexibility index (Phi) is 4.22. The number of rotatable bonds is 7. The monoisotopic (exact) mass is 269 g/mol. The topological polar surface area (TPSA) is 21.3 Å². The van der Waals surface area contributed by atoms with Crippen molar-refractivity contribution in [3.8, 4) is 5.75 Å². The van der Waals surface area contributed by atoms with Crippen molar-refractivity contribution in [3.05, 3.63) is 42.5 Å². The molecule has 0 heterocycles. The highest BCUT2D eigenvalue weighted by molar-refractivity contribution is 5.83. The fourth-order valence-corrected chi connectivity index (χ4v) is 2.63. The Hall–Kier alpha value is -1.54. The minimum absolute atomic E-state index is 0.515. The SMILES string of the molecule is CCCNC(COc1ccc2ccccc2c1)C1CC1. The van der Waals surface area contributed by atoms with E-state index in [0.29, 0.717) is 6.04 Å². The highest BCUT2D eigenvalue weighted by atomic mass is 16.5. The van der Waals surface area contributed by atoms with Gasteiger partial charge in [0, 0.05) is 6.04 Å². The van der Waals surface area contributed by atoms with Crippen molar-refractivity contribution in [1.82, 2.24) is 5.32 Å². The minimum Gasteiger partial charge on any atom is -0.492 e. The Morgan fingerprint density at radius 2 is 1.95 bits per heavy atom. The van der Waals surface area contributed by atoms with Gasteiger partial charge in [-0.2, -0.15) is 0 Å². The summed E-state index contributed by atoms with van der Waals surface area (Å²) in [6.07, 6.45) is 3.88. The minimum atomic E-state index is 0.515. The molecule has 1 saturated carbocycles. The summed E-state index contributed by atoms with van der Waals surface area (Å²) in [7, 11) is 0. The first-order valence-corrected chi connectivity index (χ1v) is 7.72. The van der Waals surface area contributed by atoms with Crippen molar-refractivity contribution in [2.45, 2.75) is 32.2 Å². The molecule has 1 aliphatic carbocycles. The molecule has 2 heteroatoms. The maximum absolute atomic E-state index is 6.01. The van der Waals surface area contributed by atoms with Crippen molar-refractivity contribution in [1.29, 1.82) is 0 Å². The summed E-state index contributed by atoms with van der Waals surface area (Å²) in [5.74, 6) is 1.80. The highest BCUT2D eigenvalue weighted by Gasteiger charge is 2.31. The molecule has 0 spiro atoms. The van der Waals surface area contributed by atoms with Crippen molar-refractivity contribution in [2.75, 3.05) is 13.2 Å². The number of ether oxygens (including phenoxy) is 1. The van der Waals surface area contributed by atoms with Gasteiger partial charge in [0.15, 0.2) is 0 Å². The molecule has 0 aromatic heterocycles. The Morgan fingerprint density at radius 1 is 1.15 bits per heavy atom. The maximum atomic E-state index is 6.01. The summed E-state index contributed by atoms with van der Waals surface area (Å²) in [5, 5.41) is 6.13. The Morgan fingerprint density at radius 3 is 2.70 bits per heavy atom. The fraction of sp³-hybridized carbons (Fsp3) is 0.444. The van der Waals surface area contributed by atoms with Gasteiger partial charge in [-0.1, -0.05) is 37.3 Å². The highest BCUT2D eigenvalue weighted by Crippen LogP contribution is 2.33. The van der Waals surface area contributed by atoms with E-state index in [0.717, 1.165) is 24.8 Å². The molecule has 1 unspecified atom stereocenters. The van der Waals surface area contributed by atoms with E-state index in [1.807, 2.05) is 0 Å². The smallest absolute Gasteiger partial charge is 0.120 e. The van der Waals surface area contributed by atoms with E-state index in [1.54, 1.807) is 0 Å². The number of benzene rings is 2. The van der Waals surface area contributed by atoms with Crippen LogP contribution in [0.15, 0.2) is 42.5 Å². The molecule has 2 aromatic rings. The molecule has 2 aromatic carbocycles. The molecule has 1 aliphatic rings. The van der Waals surface area contributed by atoms with Gasteiger partial charge in [-0.3, -0.25) is 0 Å². The molecule has 106 valence electrons. The molecule has 1 fully saturated rings. The third kappa shape index (κ3) is 3.31. The van der Waals surface area contributed by atoms with Crippen molar-refractivity contribution in [2.24, 2.45) is 5.92 Å². The Bertz CT molecular complexity index is 562. The Balaban J connectivity index is 1.63. The van der Waals surface area contributed by atoms with Crippen LogP contribution in [0.2, 0.25) is 0 Å². The second-order valence-corrected chi connectivity index (χ2v) is 5.72. The lowest BCUT2D eigenvalue weighted by atomic mass is 10.1. The van der Waals surface area contributed by atoms with Gasteiger partial charge < -0.3 is 10.1 Å². The van der Waals surface area contributed by atoms with Crippen LogP contribution >= 0.6 is 0 Å². The van der Waals surface area contributed by atoms with Crippen molar-refractivity contribution in [3.63, 3.8) is 0 Å². The summed E-state index contributed by atoms with van der Waals surface area (Å²) < 4.78 is 6.01. The number of hydrogen-bond donors (Lipinski definition) is 1. The van der Waals surface area contributed by atoms with Crippen LogP contribution < -0.4 is 10.1 Å². The van der Waals surface area contributed by atoms with Gasteiger partial charge in [0.25, 0.3) is 0 Å². The van der Waals surface area contributed by atoms with Crippen molar-refractivity contribution >= 4 is 10.8 Å². The van der Waals surface area contributed by atoms with Gasteiger partial charge in [-0.05, 0) is 54.6 Å². The van der Waals surface area contributed by atoms with Crippen LogP contribution in [0.1, 0.15) is 26.2 Å². The zero-order valence-corrected chi connectivity index (χ0v) is 12.1. The van der Waals surface area contributed by atoms with E-state index in [9.17, 15) is 0 Å². The first-order chi connectivity index (χ1) is 9.86. The molecule has 0 saturated heterocycles. The average Bonchev–Trinajstić information content (AvgIpc) is 3.32. The summed E-state index contributed by atoms with van der Waals surface area (Å²) in [6, 6.07) is 15.3. The lowest BCUT2D eigenvalue weighted by Gasteiger charge is -2.18. The third-order valence-electron chi connectivity index (χ3n) is 4.00. The van der Waals surface area contributed by atoms with Gasteiger partial charge in [-0.25, -0.2) is 0 Å².